The monoisotopic (exact) mass is 392 g/mol. The maximum atomic E-state index is 13.1. The topological polar surface area (TPSA) is 52.3 Å². The van der Waals surface area contributed by atoms with Crippen LogP contribution >= 0.6 is 0 Å². The normalized spacial score (nSPS) is 13.8. The third-order valence-electron chi connectivity index (χ3n) is 4.97. The van der Waals surface area contributed by atoms with Crippen LogP contribution in [0.15, 0.2) is 48.8 Å². The van der Waals surface area contributed by atoms with Crippen molar-refractivity contribution in [3.63, 3.8) is 0 Å². The van der Waals surface area contributed by atoms with E-state index >= 15 is 0 Å². The lowest BCUT2D eigenvalue weighted by atomic mass is 10.1. The summed E-state index contributed by atoms with van der Waals surface area (Å²) >= 11 is 0. The first kappa shape index (κ1) is 19.3. The van der Waals surface area contributed by atoms with E-state index in [1.807, 2.05) is 67.5 Å². The van der Waals surface area contributed by atoms with Crippen LogP contribution in [0.5, 0.6) is 5.75 Å². The van der Waals surface area contributed by atoms with Crippen molar-refractivity contribution in [1.82, 2.24) is 19.2 Å². The van der Waals surface area contributed by atoms with Crippen molar-refractivity contribution in [3.05, 3.63) is 65.6 Å². The summed E-state index contributed by atoms with van der Waals surface area (Å²) in [6, 6.07) is 11.4. The first-order valence-electron chi connectivity index (χ1n) is 10.0. The highest BCUT2D eigenvalue weighted by Crippen LogP contribution is 2.32. The van der Waals surface area contributed by atoms with Gasteiger partial charge in [0.05, 0.1) is 30.4 Å². The Labute approximate surface area is 171 Å². The number of fused-ring (bicyclic) bond motifs is 1. The molecule has 2 aromatic heterocycles. The molecule has 6 nitrogen and oxygen atoms in total. The molecule has 152 valence electrons. The Morgan fingerprint density at radius 1 is 1.07 bits per heavy atom. The highest BCUT2D eigenvalue weighted by Gasteiger charge is 2.33. The predicted molar refractivity (Wildman–Crippen MR) is 112 cm³/mol. The van der Waals surface area contributed by atoms with Crippen molar-refractivity contribution in [2.45, 2.75) is 59.4 Å². The van der Waals surface area contributed by atoms with E-state index in [0.29, 0.717) is 18.7 Å². The summed E-state index contributed by atoms with van der Waals surface area (Å²) in [5.74, 6) is 1.82. The van der Waals surface area contributed by atoms with Gasteiger partial charge in [-0.05, 0) is 71.0 Å². The molecule has 6 heteroatoms. The maximum absolute atomic E-state index is 13.1. The summed E-state index contributed by atoms with van der Waals surface area (Å²) in [7, 11) is 0. The Bertz CT molecular complexity index is 1010. The molecule has 0 saturated carbocycles. The lowest BCUT2D eigenvalue weighted by Crippen LogP contribution is -2.29. The van der Waals surface area contributed by atoms with Gasteiger partial charge < -0.3 is 14.2 Å². The highest BCUT2D eigenvalue weighted by molar-refractivity contribution is 5.94. The standard InChI is InChI=1S/C23H28N4O2/c1-16(2)29-18-10-8-17(9-11-18)22(28)26-14-19-20(15-26)24-27(23(3,4)5)21(19)25-12-6-7-13-25/h6-13,16H,14-15H2,1-5H3. The molecule has 1 amide bonds. The average Bonchev–Trinajstić information content (AvgIpc) is 3.36. The number of ether oxygens (including phenoxy) is 1. The lowest BCUT2D eigenvalue weighted by Gasteiger charge is -2.24. The molecule has 1 aliphatic rings. The Morgan fingerprint density at radius 3 is 2.31 bits per heavy atom. The fourth-order valence-electron chi connectivity index (χ4n) is 3.68. The zero-order valence-electron chi connectivity index (χ0n) is 17.7. The number of nitrogens with zero attached hydrogens (tertiary/aromatic N) is 4. The molecule has 0 radical (unpaired) electrons. The molecule has 0 spiro atoms. The highest BCUT2D eigenvalue weighted by atomic mass is 16.5. The van der Waals surface area contributed by atoms with Crippen molar-refractivity contribution in [3.8, 4) is 11.6 Å². The van der Waals surface area contributed by atoms with E-state index in [1.54, 1.807) is 0 Å². The molecule has 0 aliphatic carbocycles. The smallest absolute Gasteiger partial charge is 0.254 e. The Kier molecular flexibility index (Phi) is 4.73. The van der Waals surface area contributed by atoms with Crippen molar-refractivity contribution in [2.24, 2.45) is 0 Å². The van der Waals surface area contributed by atoms with Crippen LogP contribution in [0.25, 0.3) is 5.82 Å². The van der Waals surface area contributed by atoms with Crippen LogP contribution in [0.3, 0.4) is 0 Å². The van der Waals surface area contributed by atoms with Crippen LogP contribution in [-0.4, -0.2) is 31.3 Å². The lowest BCUT2D eigenvalue weighted by molar-refractivity contribution is 0.0748. The van der Waals surface area contributed by atoms with E-state index in [0.717, 1.165) is 22.8 Å². The number of rotatable bonds is 4. The minimum absolute atomic E-state index is 0.0138. The summed E-state index contributed by atoms with van der Waals surface area (Å²) in [6.45, 7) is 11.5. The summed E-state index contributed by atoms with van der Waals surface area (Å²) in [6.07, 6.45) is 4.16. The number of amides is 1. The quantitative estimate of drug-likeness (QED) is 0.662. The largest absolute Gasteiger partial charge is 0.491 e. The van der Waals surface area contributed by atoms with E-state index in [4.69, 9.17) is 9.84 Å². The summed E-state index contributed by atoms with van der Waals surface area (Å²) in [5.41, 5.74) is 2.60. The summed E-state index contributed by atoms with van der Waals surface area (Å²) in [4.78, 5) is 14.9. The third kappa shape index (κ3) is 3.67. The van der Waals surface area contributed by atoms with Crippen LogP contribution < -0.4 is 4.74 Å². The summed E-state index contributed by atoms with van der Waals surface area (Å²) in [5, 5.41) is 4.87. The molecule has 0 bridgehead atoms. The van der Waals surface area contributed by atoms with Gasteiger partial charge in [-0.15, -0.1) is 0 Å². The van der Waals surface area contributed by atoms with Crippen LogP contribution in [0.1, 0.15) is 56.2 Å². The van der Waals surface area contributed by atoms with Crippen LogP contribution in [0, 0.1) is 0 Å². The van der Waals surface area contributed by atoms with E-state index in [9.17, 15) is 4.79 Å². The van der Waals surface area contributed by atoms with E-state index in [-0.39, 0.29) is 17.6 Å². The Hall–Kier alpha value is -3.02. The van der Waals surface area contributed by atoms with Gasteiger partial charge in [0.15, 0.2) is 0 Å². The average molecular weight is 393 g/mol. The van der Waals surface area contributed by atoms with Gasteiger partial charge >= 0.3 is 0 Å². The third-order valence-corrected chi connectivity index (χ3v) is 4.97. The molecule has 3 aromatic rings. The van der Waals surface area contributed by atoms with E-state index in [2.05, 4.69) is 30.0 Å². The van der Waals surface area contributed by atoms with Gasteiger partial charge in [0.2, 0.25) is 0 Å². The molecular formula is C23H28N4O2. The number of carbonyl (C=O) groups excluding carboxylic acids is 1. The molecule has 1 aliphatic heterocycles. The first-order valence-corrected chi connectivity index (χ1v) is 10.0. The minimum atomic E-state index is -0.148. The predicted octanol–water partition coefficient (Wildman–Crippen LogP) is 4.37. The minimum Gasteiger partial charge on any atom is -0.491 e. The number of aromatic nitrogens is 3. The van der Waals surface area contributed by atoms with E-state index < -0.39 is 0 Å². The molecule has 0 N–H and O–H groups in total. The second kappa shape index (κ2) is 7.10. The molecule has 0 fully saturated rings. The Morgan fingerprint density at radius 2 is 1.72 bits per heavy atom. The number of hydrogen-bond donors (Lipinski definition) is 0. The fraction of sp³-hybridized carbons (Fsp3) is 0.391. The van der Waals surface area contributed by atoms with Crippen molar-refractivity contribution in [1.29, 1.82) is 0 Å². The van der Waals surface area contributed by atoms with Gasteiger partial charge in [-0.25, -0.2) is 4.68 Å². The molecular weight excluding hydrogens is 364 g/mol. The maximum Gasteiger partial charge on any atom is 0.254 e. The second-order valence-electron chi connectivity index (χ2n) is 8.77. The van der Waals surface area contributed by atoms with Crippen molar-refractivity contribution in [2.75, 3.05) is 0 Å². The van der Waals surface area contributed by atoms with Gasteiger partial charge in [-0.2, -0.15) is 5.10 Å². The summed E-state index contributed by atoms with van der Waals surface area (Å²) < 4.78 is 9.83. The molecule has 0 saturated heterocycles. The fourth-order valence-corrected chi connectivity index (χ4v) is 3.68. The zero-order valence-corrected chi connectivity index (χ0v) is 17.7. The van der Waals surface area contributed by atoms with Gasteiger partial charge in [0.25, 0.3) is 5.91 Å². The second-order valence-corrected chi connectivity index (χ2v) is 8.77. The molecule has 0 unspecified atom stereocenters. The molecule has 3 heterocycles. The van der Waals surface area contributed by atoms with Crippen molar-refractivity contribution < 1.29 is 9.53 Å². The van der Waals surface area contributed by atoms with Gasteiger partial charge in [0, 0.05) is 23.5 Å². The van der Waals surface area contributed by atoms with E-state index in [1.165, 1.54) is 0 Å². The number of carbonyl (C=O) groups is 1. The molecule has 0 atom stereocenters. The zero-order chi connectivity index (χ0) is 20.8. The molecule has 29 heavy (non-hydrogen) atoms. The molecule has 4 rings (SSSR count). The van der Waals surface area contributed by atoms with Gasteiger partial charge in [0.1, 0.15) is 11.6 Å². The van der Waals surface area contributed by atoms with Crippen molar-refractivity contribution >= 4 is 5.91 Å². The molecule has 1 aromatic carbocycles. The van der Waals surface area contributed by atoms with Crippen LogP contribution in [-0.2, 0) is 18.6 Å². The van der Waals surface area contributed by atoms with Crippen LogP contribution in [0.2, 0.25) is 0 Å². The first-order chi connectivity index (χ1) is 13.7. The SMILES string of the molecule is CC(C)Oc1ccc(C(=O)N2Cc3nn(C(C)(C)C)c(-n4cccc4)c3C2)cc1. The van der Waals surface area contributed by atoms with Gasteiger partial charge in [-0.3, -0.25) is 4.79 Å². The number of benzene rings is 1. The Balaban J connectivity index is 1.60. The van der Waals surface area contributed by atoms with Gasteiger partial charge in [-0.1, -0.05) is 0 Å². The van der Waals surface area contributed by atoms with Crippen LogP contribution in [0.4, 0.5) is 0 Å². The number of hydrogen-bond acceptors (Lipinski definition) is 3.